The van der Waals surface area contributed by atoms with E-state index >= 15 is 0 Å². The lowest BCUT2D eigenvalue weighted by molar-refractivity contribution is 0.195. The van der Waals surface area contributed by atoms with Crippen molar-refractivity contribution in [2.75, 3.05) is 11.9 Å². The van der Waals surface area contributed by atoms with Gasteiger partial charge in [0.1, 0.15) is 5.82 Å². The third-order valence-electron chi connectivity index (χ3n) is 4.15. The summed E-state index contributed by atoms with van der Waals surface area (Å²) in [5, 5.41) is 6.80. The van der Waals surface area contributed by atoms with E-state index in [1.165, 1.54) is 18.2 Å². The summed E-state index contributed by atoms with van der Waals surface area (Å²) in [6.07, 6.45) is 1.71. The van der Waals surface area contributed by atoms with Crippen molar-refractivity contribution >= 4 is 23.3 Å². The number of carbonyl (C=O) groups is 1. The van der Waals surface area contributed by atoms with Gasteiger partial charge in [0, 0.05) is 18.3 Å². The van der Waals surface area contributed by atoms with Crippen LogP contribution in [0.15, 0.2) is 28.8 Å². The van der Waals surface area contributed by atoms with Gasteiger partial charge in [0.2, 0.25) is 0 Å². The van der Waals surface area contributed by atoms with Crippen molar-refractivity contribution < 1.29 is 13.7 Å². The molecule has 2 amide bonds. The van der Waals surface area contributed by atoms with Gasteiger partial charge in [0.25, 0.3) is 0 Å². The smallest absolute Gasteiger partial charge is 0.322 e. The Kier molecular flexibility index (Phi) is 4.76. The number of urea groups is 1. The molecule has 1 saturated heterocycles. The number of amides is 2. The largest absolute Gasteiger partial charge is 0.359 e. The van der Waals surface area contributed by atoms with E-state index in [0.29, 0.717) is 18.0 Å². The van der Waals surface area contributed by atoms with Gasteiger partial charge >= 0.3 is 6.03 Å². The van der Waals surface area contributed by atoms with E-state index in [-0.39, 0.29) is 23.0 Å². The van der Waals surface area contributed by atoms with Crippen LogP contribution in [0.25, 0.3) is 0 Å². The summed E-state index contributed by atoms with van der Waals surface area (Å²) in [6, 6.07) is 5.62. The van der Waals surface area contributed by atoms with Gasteiger partial charge in [-0.1, -0.05) is 30.6 Å². The molecule has 0 unspecified atom stereocenters. The molecule has 0 radical (unpaired) electrons. The van der Waals surface area contributed by atoms with Crippen LogP contribution >= 0.6 is 11.6 Å². The molecule has 5 nitrogen and oxygen atoms in total. The summed E-state index contributed by atoms with van der Waals surface area (Å²) in [5.41, 5.74) is 1.33. The maximum absolute atomic E-state index is 13.2. The van der Waals surface area contributed by atoms with Gasteiger partial charge in [-0.2, -0.15) is 0 Å². The molecule has 0 saturated carbocycles. The monoisotopic (exact) mass is 351 g/mol. The molecule has 2 aromatic rings. The molecule has 1 aromatic heterocycles. The van der Waals surface area contributed by atoms with Crippen LogP contribution in [0.5, 0.6) is 0 Å². The summed E-state index contributed by atoms with van der Waals surface area (Å²) >= 11 is 5.75. The van der Waals surface area contributed by atoms with Gasteiger partial charge in [0.05, 0.1) is 16.8 Å². The predicted octanol–water partition coefficient (Wildman–Crippen LogP) is 4.96. The first-order valence-electron chi connectivity index (χ1n) is 7.95. The number of aromatic nitrogens is 1. The third kappa shape index (κ3) is 3.38. The molecular formula is C17H19ClFN3O2. The Morgan fingerprint density at radius 1 is 1.46 bits per heavy atom. The molecular weight excluding hydrogens is 333 g/mol. The highest BCUT2D eigenvalue weighted by Gasteiger charge is 2.33. The first-order valence-corrected chi connectivity index (χ1v) is 8.32. The van der Waals surface area contributed by atoms with E-state index < -0.39 is 5.82 Å². The van der Waals surface area contributed by atoms with Crippen molar-refractivity contribution in [2.24, 2.45) is 0 Å². The Labute approximate surface area is 144 Å². The number of hydrogen-bond donors (Lipinski definition) is 1. The summed E-state index contributed by atoms with van der Waals surface area (Å²) < 4.78 is 18.6. The maximum atomic E-state index is 13.2. The summed E-state index contributed by atoms with van der Waals surface area (Å²) in [7, 11) is 0. The molecule has 1 aliphatic rings. The molecule has 3 rings (SSSR count). The second-order valence-corrected chi connectivity index (χ2v) is 6.63. The molecule has 2 heterocycles. The summed E-state index contributed by atoms with van der Waals surface area (Å²) in [4.78, 5) is 14.3. The Bertz CT molecular complexity index is 747. The Hall–Kier alpha value is -2.08. The summed E-state index contributed by atoms with van der Waals surface area (Å²) in [6.45, 7) is 4.71. The molecule has 7 heteroatoms. The fraction of sp³-hybridized carbons (Fsp3) is 0.412. The van der Waals surface area contributed by atoms with Crippen LogP contribution in [0.3, 0.4) is 0 Å². The zero-order valence-corrected chi connectivity index (χ0v) is 14.3. The number of anilines is 1. The minimum Gasteiger partial charge on any atom is -0.359 e. The number of hydrogen-bond acceptors (Lipinski definition) is 3. The molecule has 1 aliphatic heterocycles. The number of nitrogens with zero attached hydrogens (tertiary/aromatic N) is 2. The third-order valence-corrected chi connectivity index (χ3v) is 4.44. The number of rotatable bonds is 3. The van der Waals surface area contributed by atoms with Crippen molar-refractivity contribution in [3.05, 3.63) is 46.6 Å². The quantitative estimate of drug-likeness (QED) is 0.850. The van der Waals surface area contributed by atoms with E-state index in [1.807, 2.05) is 19.9 Å². The number of nitrogens with one attached hydrogen (secondary N) is 1. The van der Waals surface area contributed by atoms with E-state index in [1.54, 1.807) is 4.90 Å². The van der Waals surface area contributed by atoms with Crippen LogP contribution in [-0.2, 0) is 0 Å². The van der Waals surface area contributed by atoms with Gasteiger partial charge in [0.15, 0.2) is 5.76 Å². The summed E-state index contributed by atoms with van der Waals surface area (Å²) in [5.74, 6) is 0.451. The van der Waals surface area contributed by atoms with Crippen molar-refractivity contribution in [3.63, 3.8) is 0 Å². The molecule has 128 valence electrons. The van der Waals surface area contributed by atoms with Gasteiger partial charge in [-0.3, -0.25) is 0 Å². The lowest BCUT2D eigenvalue weighted by atomic mass is 10.1. The van der Waals surface area contributed by atoms with Gasteiger partial charge < -0.3 is 14.7 Å². The highest BCUT2D eigenvalue weighted by Crippen LogP contribution is 2.33. The lowest BCUT2D eigenvalue weighted by Crippen LogP contribution is -2.34. The zero-order chi connectivity index (χ0) is 17.3. The van der Waals surface area contributed by atoms with Crippen LogP contribution < -0.4 is 5.32 Å². The molecule has 1 N–H and O–H groups in total. The number of benzene rings is 1. The van der Waals surface area contributed by atoms with Gasteiger partial charge in [-0.25, -0.2) is 9.18 Å². The number of likely N-dealkylation sites (tertiary alicyclic amines) is 1. The van der Waals surface area contributed by atoms with Crippen molar-refractivity contribution in [3.8, 4) is 0 Å². The average Bonchev–Trinajstić information content (AvgIpc) is 3.18. The normalized spacial score (nSPS) is 17.5. The fourth-order valence-corrected chi connectivity index (χ4v) is 2.99. The van der Waals surface area contributed by atoms with E-state index in [2.05, 4.69) is 10.5 Å². The van der Waals surface area contributed by atoms with Crippen LogP contribution in [0.4, 0.5) is 14.9 Å². The minimum absolute atomic E-state index is 0.0254. The number of carbonyl (C=O) groups excluding carboxylic acids is 1. The fourth-order valence-electron chi connectivity index (χ4n) is 2.81. The first kappa shape index (κ1) is 16.8. The van der Waals surface area contributed by atoms with Crippen LogP contribution in [0.2, 0.25) is 5.02 Å². The van der Waals surface area contributed by atoms with Crippen molar-refractivity contribution in [2.45, 2.75) is 38.6 Å². The van der Waals surface area contributed by atoms with Crippen LogP contribution in [0, 0.1) is 5.82 Å². The first-order chi connectivity index (χ1) is 11.5. The van der Waals surface area contributed by atoms with Crippen molar-refractivity contribution in [1.29, 1.82) is 0 Å². The maximum Gasteiger partial charge on any atom is 0.322 e. The van der Waals surface area contributed by atoms with E-state index in [0.717, 1.165) is 18.5 Å². The van der Waals surface area contributed by atoms with Crippen LogP contribution in [-0.4, -0.2) is 22.6 Å². The van der Waals surface area contributed by atoms with E-state index in [4.69, 9.17) is 16.1 Å². The second-order valence-electron chi connectivity index (χ2n) is 6.22. The van der Waals surface area contributed by atoms with Gasteiger partial charge in [-0.05, 0) is 37.0 Å². The molecule has 0 spiro atoms. The molecule has 1 fully saturated rings. The zero-order valence-electron chi connectivity index (χ0n) is 13.6. The minimum atomic E-state index is -0.517. The number of halogens is 2. The second kappa shape index (κ2) is 6.81. The van der Waals surface area contributed by atoms with Gasteiger partial charge in [-0.15, -0.1) is 0 Å². The lowest BCUT2D eigenvalue weighted by Gasteiger charge is -2.23. The van der Waals surface area contributed by atoms with Crippen LogP contribution in [0.1, 0.15) is 50.1 Å². The van der Waals surface area contributed by atoms with Crippen molar-refractivity contribution in [1.82, 2.24) is 10.1 Å². The molecule has 0 aliphatic carbocycles. The molecule has 0 bridgehead atoms. The SMILES string of the molecule is CC(C)c1cc([C@H]2CCCN2C(=O)Nc2ccc(F)c(Cl)c2)on1. The highest BCUT2D eigenvalue weighted by molar-refractivity contribution is 6.31. The molecule has 1 aromatic carbocycles. The standard InChI is InChI=1S/C17H19ClFN3O2/c1-10(2)14-9-16(24-21-14)15-4-3-7-22(15)17(23)20-11-5-6-13(19)12(18)8-11/h5-6,8-10,15H,3-4,7H2,1-2H3,(H,20,23)/t15-/m1/s1. The van der Waals surface area contributed by atoms with E-state index in [9.17, 15) is 9.18 Å². The highest BCUT2D eigenvalue weighted by atomic mass is 35.5. The topological polar surface area (TPSA) is 58.4 Å². The molecule has 24 heavy (non-hydrogen) atoms. The average molecular weight is 352 g/mol. The Morgan fingerprint density at radius 3 is 2.92 bits per heavy atom. The predicted molar refractivity (Wildman–Crippen MR) is 89.7 cm³/mol. The molecule has 1 atom stereocenters. The Balaban J connectivity index is 1.74. The Morgan fingerprint density at radius 2 is 2.25 bits per heavy atom.